The van der Waals surface area contributed by atoms with Crippen molar-refractivity contribution in [1.82, 2.24) is 14.6 Å². The normalized spacial score (nSPS) is 24.7. The number of Topliss-reactive ketones (excluding diaryl/α,β-unsaturated/α-hetero) is 1. The van der Waals surface area contributed by atoms with E-state index in [-0.39, 0.29) is 55.9 Å². The van der Waals surface area contributed by atoms with Gasteiger partial charge in [0, 0.05) is 30.6 Å². The average Bonchev–Trinajstić information content (AvgIpc) is 3.89. The predicted octanol–water partition coefficient (Wildman–Crippen LogP) is 4.39. The first-order valence-electron chi connectivity index (χ1n) is 15.9. The summed E-state index contributed by atoms with van der Waals surface area (Å²) in [5, 5.41) is 3.41. The fraction of sp³-hybridized carbons (Fsp3) is 0.559. The van der Waals surface area contributed by atoms with Gasteiger partial charge < -0.3 is 14.4 Å². The molecule has 0 aromatic carbocycles. The first-order valence-corrected chi connectivity index (χ1v) is 18.4. The van der Waals surface area contributed by atoms with E-state index in [2.05, 4.69) is 16.3 Å². The smallest absolute Gasteiger partial charge is 0.306 e. The van der Waals surface area contributed by atoms with E-state index in [1.54, 1.807) is 29.8 Å². The SMILES string of the molecule is C=CC1C[C@]1(CC(=O)[C@@H]1C[C@@H](COc2cncc(-c3ccsc3)c2)CN1C(=O)[C@@H](CC(=O)OC)C(C)(C)C)C(=O)NS(=O)(=O)C1CC1. The van der Waals surface area contributed by atoms with E-state index < -0.39 is 49.9 Å². The van der Waals surface area contributed by atoms with Crippen LogP contribution in [0.15, 0.2) is 47.9 Å². The molecule has 3 aliphatic rings. The number of methoxy groups -OCH3 is 1. The van der Waals surface area contributed by atoms with Crippen molar-refractivity contribution in [2.24, 2.45) is 28.6 Å². The van der Waals surface area contributed by atoms with E-state index in [9.17, 15) is 27.6 Å². The number of allylic oxidation sites excluding steroid dienone is 1. The van der Waals surface area contributed by atoms with Crippen LogP contribution in [-0.4, -0.2) is 73.4 Å². The molecule has 2 aliphatic carbocycles. The van der Waals surface area contributed by atoms with Crippen LogP contribution in [0.1, 0.15) is 59.3 Å². The van der Waals surface area contributed by atoms with Gasteiger partial charge in [-0.25, -0.2) is 8.42 Å². The average molecular weight is 686 g/mol. The van der Waals surface area contributed by atoms with Gasteiger partial charge in [-0.05, 0) is 65.5 Å². The molecule has 0 radical (unpaired) electrons. The second-order valence-corrected chi connectivity index (χ2v) is 16.8. The monoisotopic (exact) mass is 685 g/mol. The van der Waals surface area contributed by atoms with Crippen molar-refractivity contribution in [1.29, 1.82) is 0 Å². The summed E-state index contributed by atoms with van der Waals surface area (Å²) in [5.41, 5.74) is 0.0669. The number of sulfonamides is 1. The molecule has 13 heteroatoms. The Kier molecular flexibility index (Phi) is 9.98. The van der Waals surface area contributed by atoms with Crippen molar-refractivity contribution in [2.75, 3.05) is 20.3 Å². The molecule has 11 nitrogen and oxygen atoms in total. The molecule has 5 atom stereocenters. The Morgan fingerprint density at radius 1 is 1.21 bits per heavy atom. The summed E-state index contributed by atoms with van der Waals surface area (Å²) in [5.74, 6) is -2.72. The fourth-order valence-corrected chi connectivity index (χ4v) is 8.46. The molecule has 3 fully saturated rings. The van der Waals surface area contributed by atoms with E-state index >= 15 is 0 Å². The molecule has 1 unspecified atom stereocenters. The van der Waals surface area contributed by atoms with Crippen LogP contribution in [-0.2, 0) is 33.9 Å². The number of amides is 2. The largest absolute Gasteiger partial charge is 0.492 e. The maximum absolute atomic E-state index is 14.2. The summed E-state index contributed by atoms with van der Waals surface area (Å²) in [7, 11) is -2.55. The second kappa shape index (κ2) is 13.5. The van der Waals surface area contributed by atoms with Crippen molar-refractivity contribution in [3.63, 3.8) is 0 Å². The topological polar surface area (TPSA) is 149 Å². The van der Waals surface area contributed by atoms with Gasteiger partial charge in [0.05, 0.1) is 49.0 Å². The number of rotatable bonds is 14. The third kappa shape index (κ3) is 7.77. The number of thiophene rings is 1. The summed E-state index contributed by atoms with van der Waals surface area (Å²) in [6.45, 7) is 9.79. The minimum Gasteiger partial charge on any atom is -0.492 e. The van der Waals surface area contributed by atoms with Crippen LogP contribution < -0.4 is 9.46 Å². The lowest BCUT2D eigenvalue weighted by Crippen LogP contribution is -2.48. The number of carbonyl (C=O) groups excluding carboxylic acids is 4. The van der Waals surface area contributed by atoms with Crippen LogP contribution >= 0.6 is 11.3 Å². The molecule has 2 aromatic rings. The molecule has 3 heterocycles. The summed E-state index contributed by atoms with van der Waals surface area (Å²) in [6.07, 6.45) is 6.13. The van der Waals surface area contributed by atoms with E-state index in [1.807, 2.05) is 43.7 Å². The molecule has 2 aromatic heterocycles. The molecule has 1 N–H and O–H groups in total. The van der Waals surface area contributed by atoms with Crippen LogP contribution in [0, 0.1) is 28.6 Å². The molecule has 1 saturated heterocycles. The lowest BCUT2D eigenvalue weighted by molar-refractivity contribution is -0.151. The molecule has 47 heavy (non-hydrogen) atoms. The molecule has 254 valence electrons. The zero-order valence-corrected chi connectivity index (χ0v) is 28.9. The Hall–Kier alpha value is -3.58. The van der Waals surface area contributed by atoms with Crippen molar-refractivity contribution in [2.45, 2.75) is 70.6 Å². The molecule has 0 spiro atoms. The summed E-state index contributed by atoms with van der Waals surface area (Å²) < 4.78 is 38.5. The molecular weight excluding hydrogens is 643 g/mol. The molecule has 2 amide bonds. The number of ether oxygens (including phenoxy) is 2. The maximum atomic E-state index is 14.2. The first-order chi connectivity index (χ1) is 22.2. The van der Waals surface area contributed by atoms with Crippen molar-refractivity contribution >= 4 is 44.9 Å². The number of likely N-dealkylation sites (tertiary alicyclic amines) is 1. The van der Waals surface area contributed by atoms with Crippen LogP contribution in [0.2, 0.25) is 0 Å². The van der Waals surface area contributed by atoms with Crippen LogP contribution in [0.4, 0.5) is 0 Å². The van der Waals surface area contributed by atoms with Gasteiger partial charge in [0.2, 0.25) is 21.8 Å². The van der Waals surface area contributed by atoms with Crippen LogP contribution in [0.25, 0.3) is 11.1 Å². The first kappa shape index (κ1) is 34.7. The Morgan fingerprint density at radius 3 is 2.55 bits per heavy atom. The number of hydrogen-bond acceptors (Lipinski definition) is 10. The molecule has 1 aliphatic heterocycles. The number of esters is 1. The highest BCUT2D eigenvalue weighted by Gasteiger charge is 2.61. The predicted molar refractivity (Wildman–Crippen MR) is 177 cm³/mol. The second-order valence-electron chi connectivity index (χ2n) is 14.1. The molecular formula is C34H43N3O8S2. The van der Waals surface area contributed by atoms with Crippen LogP contribution in [0.3, 0.4) is 0 Å². The summed E-state index contributed by atoms with van der Waals surface area (Å²) in [4.78, 5) is 59.9. The van der Waals surface area contributed by atoms with Crippen molar-refractivity contribution in [3.8, 4) is 16.9 Å². The highest BCUT2D eigenvalue weighted by molar-refractivity contribution is 7.90. The third-order valence-electron chi connectivity index (χ3n) is 9.60. The van der Waals surface area contributed by atoms with Crippen molar-refractivity contribution in [3.05, 3.63) is 47.9 Å². The molecule has 2 saturated carbocycles. The highest BCUT2D eigenvalue weighted by Crippen LogP contribution is 2.57. The summed E-state index contributed by atoms with van der Waals surface area (Å²) >= 11 is 1.58. The van der Waals surface area contributed by atoms with Crippen LogP contribution in [0.5, 0.6) is 5.75 Å². The number of nitrogens with one attached hydrogen (secondary N) is 1. The number of ketones is 1. The highest BCUT2D eigenvalue weighted by atomic mass is 32.2. The number of pyridine rings is 1. The molecule has 5 rings (SSSR count). The standard InChI is InChI=1S/C34H43N3O8S2/c1-6-24-14-34(24,32(41)36-47(42,43)26-7-8-26)15-29(38)28-11-21(18-37(28)31(40)27(33(2,3)4)13-30(39)44-5)19-45-25-12-23(16-35-17-25)22-9-10-46-20-22/h6,9-10,12,16-17,20-21,24,26-28H,1,7-8,11,13-15,18-19H2,2-5H3,(H,36,41)/t21-,24?,27-,28+,34-/m1/s1. The third-order valence-corrected chi connectivity index (χ3v) is 12.1. The summed E-state index contributed by atoms with van der Waals surface area (Å²) in [6, 6.07) is 3.00. The number of carbonyl (C=O) groups is 4. The van der Waals surface area contributed by atoms with Gasteiger partial charge in [-0.1, -0.05) is 26.8 Å². The van der Waals surface area contributed by atoms with E-state index in [0.717, 1.165) is 11.1 Å². The Labute approximate surface area is 280 Å². The Bertz CT molecular complexity index is 1630. The lowest BCUT2D eigenvalue weighted by atomic mass is 9.77. The van der Waals surface area contributed by atoms with Gasteiger partial charge in [-0.3, -0.25) is 28.9 Å². The van der Waals surface area contributed by atoms with Gasteiger partial charge in [0.15, 0.2) is 5.78 Å². The van der Waals surface area contributed by atoms with Gasteiger partial charge in [-0.2, -0.15) is 11.3 Å². The van der Waals surface area contributed by atoms with Gasteiger partial charge in [0.25, 0.3) is 0 Å². The van der Waals surface area contributed by atoms with Gasteiger partial charge in [-0.15, -0.1) is 6.58 Å². The van der Waals surface area contributed by atoms with Gasteiger partial charge >= 0.3 is 5.97 Å². The molecule has 0 bridgehead atoms. The fourth-order valence-electron chi connectivity index (χ4n) is 6.41. The Balaban J connectivity index is 1.36. The zero-order chi connectivity index (χ0) is 34.1. The van der Waals surface area contributed by atoms with Crippen molar-refractivity contribution < 1.29 is 37.1 Å². The quantitative estimate of drug-likeness (QED) is 0.226. The Morgan fingerprint density at radius 2 is 1.96 bits per heavy atom. The zero-order valence-electron chi connectivity index (χ0n) is 27.3. The van der Waals surface area contributed by atoms with Gasteiger partial charge in [0.1, 0.15) is 5.75 Å². The van der Waals surface area contributed by atoms with E-state index in [4.69, 9.17) is 9.47 Å². The number of hydrogen-bond donors (Lipinski definition) is 1. The number of aromatic nitrogens is 1. The minimum atomic E-state index is -3.82. The van der Waals surface area contributed by atoms with E-state index in [0.29, 0.717) is 25.0 Å². The lowest BCUT2D eigenvalue weighted by Gasteiger charge is -2.35. The maximum Gasteiger partial charge on any atom is 0.306 e. The van der Waals surface area contributed by atoms with E-state index in [1.165, 1.54) is 12.0 Å². The minimum absolute atomic E-state index is 0.150. The number of nitrogens with zero attached hydrogens (tertiary/aromatic N) is 2.